The van der Waals surface area contributed by atoms with E-state index in [1.165, 1.54) is 12.3 Å². The Morgan fingerprint density at radius 1 is 1.44 bits per heavy atom. The lowest BCUT2D eigenvalue weighted by molar-refractivity contribution is 0.0725. The van der Waals surface area contributed by atoms with Crippen molar-refractivity contribution >= 4 is 17.5 Å². The van der Waals surface area contributed by atoms with Crippen LogP contribution in [0.3, 0.4) is 0 Å². The molecule has 1 aliphatic heterocycles. The smallest absolute Gasteiger partial charge is 0.255 e. The fraction of sp³-hybridized carbons (Fsp3) is 0.455. The van der Waals surface area contributed by atoms with Gasteiger partial charge in [0.05, 0.1) is 11.8 Å². The Kier molecular flexibility index (Phi) is 3.39. The van der Waals surface area contributed by atoms with Gasteiger partial charge in [0.15, 0.2) is 0 Å². The Balaban J connectivity index is 2.08. The van der Waals surface area contributed by atoms with Gasteiger partial charge in [-0.2, -0.15) is 0 Å². The van der Waals surface area contributed by atoms with Crippen molar-refractivity contribution in [1.82, 2.24) is 9.88 Å². The van der Waals surface area contributed by atoms with Crippen LogP contribution in [0.4, 0.5) is 4.39 Å². The van der Waals surface area contributed by atoms with Crippen LogP contribution in [0.25, 0.3) is 0 Å². The Hall–Kier alpha value is -1.16. The molecular formula is C11H12ClFN2O. The van der Waals surface area contributed by atoms with E-state index in [1.807, 2.05) is 0 Å². The van der Waals surface area contributed by atoms with E-state index in [2.05, 4.69) is 4.98 Å². The van der Waals surface area contributed by atoms with Crippen molar-refractivity contribution in [2.24, 2.45) is 0 Å². The Bertz CT molecular complexity index is 391. The number of likely N-dealkylation sites (tertiary alicyclic amines) is 1. The summed E-state index contributed by atoms with van der Waals surface area (Å²) in [6.07, 6.45) is 4.05. The van der Waals surface area contributed by atoms with Gasteiger partial charge in [-0.15, -0.1) is 11.6 Å². The van der Waals surface area contributed by atoms with Gasteiger partial charge in [-0.1, -0.05) is 0 Å². The zero-order chi connectivity index (χ0) is 11.5. The predicted molar refractivity (Wildman–Crippen MR) is 59.0 cm³/mol. The van der Waals surface area contributed by atoms with Crippen molar-refractivity contribution in [3.8, 4) is 0 Å². The summed E-state index contributed by atoms with van der Waals surface area (Å²) in [5.74, 6) is -0.659. The summed E-state index contributed by atoms with van der Waals surface area (Å²) in [4.78, 5) is 17.3. The van der Waals surface area contributed by atoms with Crippen LogP contribution in [0.2, 0.25) is 0 Å². The van der Waals surface area contributed by atoms with Crippen molar-refractivity contribution in [2.45, 2.75) is 18.2 Å². The first-order chi connectivity index (χ1) is 7.66. The minimum absolute atomic E-state index is 0.148. The highest BCUT2D eigenvalue weighted by Crippen LogP contribution is 2.17. The molecule has 3 nitrogen and oxygen atoms in total. The summed E-state index contributed by atoms with van der Waals surface area (Å²) < 4.78 is 12.9. The molecule has 1 saturated heterocycles. The molecule has 0 atom stereocenters. The fourth-order valence-corrected chi connectivity index (χ4v) is 1.96. The van der Waals surface area contributed by atoms with Crippen LogP contribution >= 0.6 is 11.6 Å². The van der Waals surface area contributed by atoms with E-state index < -0.39 is 5.82 Å². The van der Waals surface area contributed by atoms with Gasteiger partial charge in [-0.25, -0.2) is 4.39 Å². The summed E-state index contributed by atoms with van der Waals surface area (Å²) >= 11 is 5.95. The normalized spacial score (nSPS) is 17.5. The van der Waals surface area contributed by atoms with Crippen LogP contribution in [-0.4, -0.2) is 34.3 Å². The highest BCUT2D eigenvalue weighted by molar-refractivity contribution is 6.20. The van der Waals surface area contributed by atoms with E-state index in [0.29, 0.717) is 18.7 Å². The van der Waals surface area contributed by atoms with Crippen LogP contribution in [-0.2, 0) is 0 Å². The quantitative estimate of drug-likeness (QED) is 0.707. The number of carbonyl (C=O) groups excluding carboxylic acids is 1. The monoisotopic (exact) mass is 242 g/mol. The zero-order valence-electron chi connectivity index (χ0n) is 8.70. The van der Waals surface area contributed by atoms with E-state index in [1.54, 1.807) is 4.90 Å². The molecule has 5 heteroatoms. The molecule has 0 aliphatic carbocycles. The first kappa shape index (κ1) is 11.3. The van der Waals surface area contributed by atoms with Gasteiger partial charge in [0.2, 0.25) is 0 Å². The lowest BCUT2D eigenvalue weighted by Crippen LogP contribution is -2.38. The second-order valence-electron chi connectivity index (χ2n) is 3.86. The summed E-state index contributed by atoms with van der Waals surface area (Å²) in [6, 6.07) is 1.21. The van der Waals surface area contributed by atoms with Crippen LogP contribution < -0.4 is 0 Å². The molecule has 0 unspecified atom stereocenters. The van der Waals surface area contributed by atoms with Gasteiger partial charge in [0.1, 0.15) is 5.82 Å². The lowest BCUT2D eigenvalue weighted by atomic mass is 10.1. The molecule has 1 aromatic rings. The zero-order valence-corrected chi connectivity index (χ0v) is 9.45. The number of aromatic nitrogens is 1. The summed E-state index contributed by atoms with van der Waals surface area (Å²) in [5.41, 5.74) is 0.299. The maximum absolute atomic E-state index is 12.9. The van der Waals surface area contributed by atoms with E-state index in [0.717, 1.165) is 19.0 Å². The maximum atomic E-state index is 12.9. The first-order valence-corrected chi connectivity index (χ1v) is 5.64. The van der Waals surface area contributed by atoms with Gasteiger partial charge in [-0.05, 0) is 18.9 Å². The van der Waals surface area contributed by atoms with Crippen molar-refractivity contribution in [3.63, 3.8) is 0 Å². The van der Waals surface area contributed by atoms with Gasteiger partial charge in [0.25, 0.3) is 5.91 Å². The third-order valence-corrected chi connectivity index (χ3v) is 3.10. The van der Waals surface area contributed by atoms with E-state index in [9.17, 15) is 9.18 Å². The highest BCUT2D eigenvalue weighted by Gasteiger charge is 2.22. The average molecular weight is 243 g/mol. The first-order valence-electron chi connectivity index (χ1n) is 5.20. The number of rotatable bonds is 1. The van der Waals surface area contributed by atoms with E-state index in [4.69, 9.17) is 11.6 Å². The number of hydrogen-bond donors (Lipinski definition) is 0. The molecule has 1 amide bonds. The molecule has 0 aromatic carbocycles. The minimum atomic E-state index is -0.488. The number of amides is 1. The third-order valence-electron chi connectivity index (χ3n) is 2.66. The number of halogens is 2. The summed E-state index contributed by atoms with van der Waals surface area (Å²) in [5, 5.41) is 0.148. The van der Waals surface area contributed by atoms with Gasteiger partial charge < -0.3 is 4.90 Å². The van der Waals surface area contributed by atoms with Crippen LogP contribution in [0.15, 0.2) is 18.5 Å². The highest BCUT2D eigenvalue weighted by atomic mass is 35.5. The lowest BCUT2D eigenvalue weighted by Gasteiger charge is -2.29. The number of nitrogens with zero attached hydrogens (tertiary/aromatic N) is 2. The molecule has 1 aliphatic rings. The molecule has 0 saturated carbocycles. The number of carbonyl (C=O) groups is 1. The Labute approximate surface area is 98.2 Å². The number of hydrogen-bond acceptors (Lipinski definition) is 2. The molecule has 2 rings (SSSR count). The van der Waals surface area contributed by atoms with Gasteiger partial charge in [-0.3, -0.25) is 9.78 Å². The van der Waals surface area contributed by atoms with Crippen LogP contribution in [0, 0.1) is 5.82 Å². The molecule has 1 fully saturated rings. The van der Waals surface area contributed by atoms with E-state index >= 15 is 0 Å². The third kappa shape index (κ3) is 2.50. The number of alkyl halides is 1. The number of pyridine rings is 1. The largest absolute Gasteiger partial charge is 0.338 e. The minimum Gasteiger partial charge on any atom is -0.338 e. The van der Waals surface area contributed by atoms with Gasteiger partial charge >= 0.3 is 0 Å². The molecule has 2 heterocycles. The molecule has 0 bridgehead atoms. The maximum Gasteiger partial charge on any atom is 0.255 e. The van der Waals surface area contributed by atoms with Crippen molar-refractivity contribution < 1.29 is 9.18 Å². The molecular weight excluding hydrogens is 231 g/mol. The van der Waals surface area contributed by atoms with E-state index in [-0.39, 0.29) is 11.3 Å². The topological polar surface area (TPSA) is 33.2 Å². The second-order valence-corrected chi connectivity index (χ2v) is 4.48. The summed E-state index contributed by atoms with van der Waals surface area (Å²) in [6.45, 7) is 1.26. The molecule has 0 radical (unpaired) electrons. The standard InChI is InChI=1S/C11H12ClFN2O/c12-9-1-3-15(4-2-9)11(16)8-5-10(13)7-14-6-8/h5-7,9H,1-4H2. The predicted octanol–water partition coefficient (Wildman–Crippen LogP) is 2.06. The molecule has 86 valence electrons. The van der Waals surface area contributed by atoms with Crippen LogP contribution in [0.1, 0.15) is 23.2 Å². The molecule has 16 heavy (non-hydrogen) atoms. The summed E-state index contributed by atoms with van der Waals surface area (Å²) in [7, 11) is 0. The fourth-order valence-electron chi connectivity index (χ4n) is 1.76. The van der Waals surface area contributed by atoms with Crippen molar-refractivity contribution in [1.29, 1.82) is 0 Å². The number of piperidine rings is 1. The SMILES string of the molecule is O=C(c1cncc(F)c1)N1CCC(Cl)CC1. The molecule has 1 aromatic heterocycles. The molecule has 0 N–H and O–H groups in total. The van der Waals surface area contributed by atoms with Crippen molar-refractivity contribution in [3.05, 3.63) is 29.8 Å². The second kappa shape index (κ2) is 4.78. The average Bonchev–Trinajstić information content (AvgIpc) is 2.29. The van der Waals surface area contributed by atoms with Crippen molar-refractivity contribution in [2.75, 3.05) is 13.1 Å². The Morgan fingerprint density at radius 3 is 2.75 bits per heavy atom. The van der Waals surface area contributed by atoms with Crippen LogP contribution in [0.5, 0.6) is 0 Å². The molecule has 0 spiro atoms. The van der Waals surface area contributed by atoms with Gasteiger partial charge in [0, 0.05) is 24.7 Å². The Morgan fingerprint density at radius 2 is 2.12 bits per heavy atom.